The standard InChI is InChI=1S/C20H40FNO2S/c1-16(2)10-8-9-14-22-18(23)19(4,5)13-15-24-20(6,7)12-11-17(3)25-21/h16-17H,8-15H2,1-7H3,(H,22,23). The van der Waals surface area contributed by atoms with Crippen LogP contribution in [-0.2, 0) is 9.53 Å². The number of carbonyl (C=O) groups excluding carboxylic acids is 1. The van der Waals surface area contributed by atoms with Crippen LogP contribution in [0.4, 0.5) is 3.89 Å². The summed E-state index contributed by atoms with van der Waals surface area (Å²) in [5.41, 5.74) is -0.719. The van der Waals surface area contributed by atoms with Crippen molar-refractivity contribution in [2.45, 2.75) is 97.8 Å². The van der Waals surface area contributed by atoms with Gasteiger partial charge in [0.05, 0.1) is 5.60 Å². The van der Waals surface area contributed by atoms with Crippen molar-refractivity contribution in [2.24, 2.45) is 11.3 Å². The molecule has 0 heterocycles. The minimum Gasteiger partial charge on any atom is -0.376 e. The van der Waals surface area contributed by atoms with E-state index in [0.29, 0.717) is 25.2 Å². The maximum absolute atomic E-state index is 12.5. The molecule has 0 aromatic rings. The van der Waals surface area contributed by atoms with E-state index in [2.05, 4.69) is 19.2 Å². The molecular weight excluding hydrogens is 337 g/mol. The van der Waals surface area contributed by atoms with Crippen molar-refractivity contribution in [3.63, 3.8) is 0 Å². The van der Waals surface area contributed by atoms with E-state index in [1.807, 2.05) is 34.6 Å². The van der Waals surface area contributed by atoms with Gasteiger partial charge in [-0.15, -0.1) is 0 Å². The number of rotatable bonds is 14. The van der Waals surface area contributed by atoms with Crippen molar-refractivity contribution in [2.75, 3.05) is 13.2 Å². The van der Waals surface area contributed by atoms with Gasteiger partial charge in [0, 0.05) is 36.0 Å². The maximum Gasteiger partial charge on any atom is 0.225 e. The Kier molecular flexibility index (Phi) is 12.0. The summed E-state index contributed by atoms with van der Waals surface area (Å²) in [5.74, 6) is 0.819. The second-order valence-electron chi connectivity index (χ2n) is 8.83. The molecule has 1 N–H and O–H groups in total. The lowest BCUT2D eigenvalue weighted by molar-refractivity contribution is -0.131. The van der Waals surface area contributed by atoms with E-state index in [0.717, 1.165) is 38.1 Å². The zero-order valence-corrected chi connectivity index (χ0v) is 18.2. The summed E-state index contributed by atoms with van der Waals surface area (Å²) in [6, 6.07) is 0. The Morgan fingerprint density at radius 2 is 1.72 bits per heavy atom. The lowest BCUT2D eigenvalue weighted by Gasteiger charge is -2.29. The molecule has 0 saturated heterocycles. The smallest absolute Gasteiger partial charge is 0.225 e. The Morgan fingerprint density at radius 3 is 2.28 bits per heavy atom. The van der Waals surface area contributed by atoms with E-state index in [-0.39, 0.29) is 16.8 Å². The predicted molar refractivity (Wildman–Crippen MR) is 108 cm³/mol. The van der Waals surface area contributed by atoms with Crippen LogP contribution in [0.15, 0.2) is 0 Å². The molecule has 5 heteroatoms. The van der Waals surface area contributed by atoms with Crippen LogP contribution in [0.1, 0.15) is 87.0 Å². The largest absolute Gasteiger partial charge is 0.376 e. The lowest BCUT2D eigenvalue weighted by atomic mass is 9.88. The van der Waals surface area contributed by atoms with Crippen molar-refractivity contribution < 1.29 is 13.4 Å². The van der Waals surface area contributed by atoms with Crippen LogP contribution in [0, 0.1) is 11.3 Å². The van der Waals surface area contributed by atoms with Gasteiger partial charge in [0.1, 0.15) is 0 Å². The van der Waals surface area contributed by atoms with Crippen LogP contribution in [0.25, 0.3) is 0 Å². The maximum atomic E-state index is 12.5. The van der Waals surface area contributed by atoms with Crippen molar-refractivity contribution in [1.82, 2.24) is 5.32 Å². The van der Waals surface area contributed by atoms with Crippen molar-refractivity contribution in [3.8, 4) is 0 Å². The van der Waals surface area contributed by atoms with Gasteiger partial charge >= 0.3 is 0 Å². The summed E-state index contributed by atoms with van der Waals surface area (Å²) in [6.07, 6.45) is 5.69. The third-order valence-electron chi connectivity index (χ3n) is 4.63. The van der Waals surface area contributed by atoms with Crippen molar-refractivity contribution in [3.05, 3.63) is 0 Å². The third kappa shape index (κ3) is 12.7. The molecular formula is C20H40FNO2S. The highest BCUT2D eigenvalue weighted by atomic mass is 32.2. The van der Waals surface area contributed by atoms with E-state index in [4.69, 9.17) is 4.74 Å². The topological polar surface area (TPSA) is 38.3 Å². The number of hydrogen-bond acceptors (Lipinski definition) is 3. The fourth-order valence-corrected chi connectivity index (χ4v) is 2.69. The van der Waals surface area contributed by atoms with Gasteiger partial charge in [0.25, 0.3) is 0 Å². The Bertz CT molecular complexity index is 373. The molecule has 0 spiro atoms. The summed E-state index contributed by atoms with van der Waals surface area (Å²) in [5, 5.41) is 3.05. The molecule has 3 nitrogen and oxygen atoms in total. The summed E-state index contributed by atoms with van der Waals surface area (Å²) >= 11 is 0.401. The summed E-state index contributed by atoms with van der Waals surface area (Å²) in [7, 11) is 0. The highest BCUT2D eigenvalue weighted by Crippen LogP contribution is 2.26. The third-order valence-corrected chi connectivity index (χ3v) is 5.17. The van der Waals surface area contributed by atoms with E-state index in [9.17, 15) is 8.68 Å². The van der Waals surface area contributed by atoms with E-state index in [1.54, 1.807) is 0 Å². The fraction of sp³-hybridized carbons (Fsp3) is 0.950. The number of carbonyl (C=O) groups is 1. The second kappa shape index (κ2) is 12.2. The fourth-order valence-electron chi connectivity index (χ4n) is 2.48. The molecule has 0 aliphatic rings. The molecule has 0 aromatic heterocycles. The van der Waals surface area contributed by atoms with Crippen LogP contribution >= 0.6 is 12.1 Å². The molecule has 0 radical (unpaired) electrons. The average Bonchev–Trinajstić information content (AvgIpc) is 2.51. The van der Waals surface area contributed by atoms with Crippen molar-refractivity contribution >= 4 is 18.1 Å². The second-order valence-corrected chi connectivity index (χ2v) is 9.81. The van der Waals surface area contributed by atoms with Crippen LogP contribution in [0.2, 0.25) is 0 Å². The zero-order valence-electron chi connectivity index (χ0n) is 17.4. The van der Waals surface area contributed by atoms with Gasteiger partial charge in [0.15, 0.2) is 0 Å². The Morgan fingerprint density at radius 1 is 1.08 bits per heavy atom. The van der Waals surface area contributed by atoms with Gasteiger partial charge in [0.2, 0.25) is 5.91 Å². The van der Waals surface area contributed by atoms with E-state index in [1.165, 1.54) is 6.42 Å². The quantitative estimate of drug-likeness (QED) is 0.381. The molecule has 0 aliphatic carbocycles. The molecule has 0 aromatic carbocycles. The molecule has 0 bridgehead atoms. The zero-order chi connectivity index (χ0) is 19.5. The number of amides is 1. The summed E-state index contributed by atoms with van der Waals surface area (Å²) in [4.78, 5) is 12.4. The first-order valence-electron chi connectivity index (χ1n) is 9.70. The number of unbranched alkanes of at least 4 members (excludes halogenated alkanes) is 1. The van der Waals surface area contributed by atoms with Crippen molar-refractivity contribution in [1.29, 1.82) is 0 Å². The molecule has 0 saturated carbocycles. The molecule has 25 heavy (non-hydrogen) atoms. The Balaban J connectivity index is 4.06. The highest BCUT2D eigenvalue weighted by Gasteiger charge is 2.28. The first kappa shape index (κ1) is 24.7. The van der Waals surface area contributed by atoms with Gasteiger partial charge in [-0.05, 0) is 45.4 Å². The molecule has 0 rings (SSSR count). The Hall–Kier alpha value is -0.290. The minimum atomic E-state index is -0.434. The van der Waals surface area contributed by atoms with Gasteiger partial charge < -0.3 is 10.1 Å². The number of hydrogen-bond donors (Lipinski definition) is 1. The van der Waals surface area contributed by atoms with E-state index >= 15 is 0 Å². The van der Waals surface area contributed by atoms with Gasteiger partial charge in [-0.1, -0.05) is 47.5 Å². The molecule has 1 atom stereocenters. The predicted octanol–water partition coefficient (Wildman–Crippen LogP) is 5.93. The molecule has 0 fully saturated rings. The number of ether oxygens (including phenoxy) is 1. The van der Waals surface area contributed by atoms with E-state index < -0.39 is 5.41 Å². The molecule has 1 amide bonds. The van der Waals surface area contributed by atoms with Crippen LogP contribution in [0.3, 0.4) is 0 Å². The molecule has 150 valence electrons. The minimum absolute atomic E-state index is 0.000731. The van der Waals surface area contributed by atoms with Crippen LogP contribution in [-0.4, -0.2) is 29.9 Å². The first-order chi connectivity index (χ1) is 11.5. The van der Waals surface area contributed by atoms with Gasteiger partial charge in [-0.25, -0.2) is 0 Å². The van der Waals surface area contributed by atoms with Crippen LogP contribution in [0.5, 0.6) is 0 Å². The van der Waals surface area contributed by atoms with Gasteiger partial charge in [-0.3, -0.25) is 4.79 Å². The highest BCUT2D eigenvalue weighted by molar-refractivity contribution is 7.94. The summed E-state index contributed by atoms with van der Waals surface area (Å²) in [6.45, 7) is 15.6. The molecule has 0 aliphatic heterocycles. The normalized spacial score (nSPS) is 14.0. The number of halogens is 1. The SMILES string of the molecule is CC(C)CCCCNC(=O)C(C)(C)CCOC(C)(C)CCC(C)SF. The monoisotopic (exact) mass is 377 g/mol. The Labute approximate surface area is 159 Å². The van der Waals surface area contributed by atoms with Gasteiger partial charge in [-0.2, -0.15) is 3.89 Å². The first-order valence-corrected chi connectivity index (χ1v) is 10.5. The summed E-state index contributed by atoms with van der Waals surface area (Å²) < 4.78 is 18.4. The average molecular weight is 378 g/mol. The van der Waals surface area contributed by atoms with Crippen LogP contribution < -0.4 is 5.32 Å². The molecule has 1 unspecified atom stereocenters. The lowest BCUT2D eigenvalue weighted by Crippen LogP contribution is -2.39. The number of nitrogens with one attached hydrogen (secondary N) is 1.